The van der Waals surface area contributed by atoms with Gasteiger partial charge in [0.25, 0.3) is 10.0 Å². The van der Waals surface area contributed by atoms with Crippen LogP contribution in [0.4, 0.5) is 0 Å². The van der Waals surface area contributed by atoms with Crippen LogP contribution in [0.5, 0.6) is 0 Å². The topological polar surface area (TPSA) is 46.2 Å². The summed E-state index contributed by atoms with van der Waals surface area (Å²) in [6.45, 7) is 0. The van der Waals surface area contributed by atoms with Gasteiger partial charge >= 0.3 is 0 Å². The van der Waals surface area contributed by atoms with Crippen LogP contribution in [0.3, 0.4) is 0 Å². The number of sulfonamides is 1. The molecule has 3 nitrogen and oxygen atoms in total. The zero-order valence-electron chi connectivity index (χ0n) is 5.67. The molecule has 0 saturated carbocycles. The van der Waals surface area contributed by atoms with Gasteiger partial charge in [0, 0.05) is 4.47 Å². The molecule has 0 atom stereocenters. The third-order valence-electron chi connectivity index (χ3n) is 1.10. The first-order valence-electron chi connectivity index (χ1n) is 2.74. The van der Waals surface area contributed by atoms with Crippen LogP contribution < -0.4 is 4.72 Å². The van der Waals surface area contributed by atoms with Gasteiger partial charge in [0.15, 0.2) is 0 Å². The molecule has 0 aliphatic heterocycles. The highest BCUT2D eigenvalue weighted by atomic mass is 79.9. The lowest BCUT2D eigenvalue weighted by atomic mass is 10.7. The number of thiophene rings is 1. The van der Waals surface area contributed by atoms with Gasteiger partial charge in [0.05, 0.1) is 0 Å². The molecule has 1 rings (SSSR count). The van der Waals surface area contributed by atoms with E-state index in [1.807, 2.05) is 0 Å². The average molecular weight is 256 g/mol. The normalized spacial score (nSPS) is 11.8. The highest BCUT2D eigenvalue weighted by Crippen LogP contribution is 2.26. The third kappa shape index (κ3) is 1.81. The summed E-state index contributed by atoms with van der Waals surface area (Å²) in [6.07, 6.45) is 0. The van der Waals surface area contributed by atoms with Crippen molar-refractivity contribution in [1.29, 1.82) is 0 Å². The molecule has 62 valence electrons. The van der Waals surface area contributed by atoms with Crippen molar-refractivity contribution in [3.05, 3.63) is 15.9 Å². The van der Waals surface area contributed by atoms with Crippen molar-refractivity contribution in [2.45, 2.75) is 4.21 Å². The molecule has 0 radical (unpaired) electrons. The second-order valence-corrected chi connectivity index (χ2v) is 5.62. The molecular formula is C5H6BrNO2S2. The SMILES string of the molecule is CNS(=O)(=O)c1sccc1Br. The second kappa shape index (κ2) is 3.22. The zero-order chi connectivity index (χ0) is 8.48. The Labute approximate surface area is 77.6 Å². The molecule has 1 aromatic heterocycles. The molecule has 0 unspecified atom stereocenters. The van der Waals surface area contributed by atoms with E-state index in [0.29, 0.717) is 8.68 Å². The Morgan fingerprint density at radius 1 is 1.64 bits per heavy atom. The summed E-state index contributed by atoms with van der Waals surface area (Å²) < 4.78 is 25.5. The first-order valence-corrected chi connectivity index (χ1v) is 5.90. The smallest absolute Gasteiger partial charge is 0.214 e. The predicted molar refractivity (Wildman–Crippen MR) is 48.3 cm³/mol. The highest BCUT2D eigenvalue weighted by Gasteiger charge is 2.15. The lowest BCUT2D eigenvalue weighted by molar-refractivity contribution is 0.590. The van der Waals surface area contributed by atoms with Crippen LogP contribution >= 0.6 is 27.3 Å². The Hall–Kier alpha value is 0.0900. The fraction of sp³-hybridized carbons (Fsp3) is 0.200. The monoisotopic (exact) mass is 255 g/mol. The fourth-order valence-electron chi connectivity index (χ4n) is 0.564. The Morgan fingerprint density at radius 2 is 2.27 bits per heavy atom. The van der Waals surface area contributed by atoms with Crippen LogP contribution in [-0.4, -0.2) is 15.5 Å². The van der Waals surface area contributed by atoms with Crippen molar-refractivity contribution < 1.29 is 8.42 Å². The zero-order valence-corrected chi connectivity index (χ0v) is 8.88. The molecule has 1 aromatic rings. The van der Waals surface area contributed by atoms with Crippen molar-refractivity contribution in [2.75, 3.05) is 7.05 Å². The molecular weight excluding hydrogens is 250 g/mol. The van der Waals surface area contributed by atoms with Crippen molar-refractivity contribution in [3.63, 3.8) is 0 Å². The number of nitrogens with one attached hydrogen (secondary N) is 1. The molecule has 11 heavy (non-hydrogen) atoms. The van der Waals surface area contributed by atoms with E-state index in [4.69, 9.17) is 0 Å². The summed E-state index contributed by atoms with van der Waals surface area (Å²) in [5.74, 6) is 0. The van der Waals surface area contributed by atoms with E-state index in [9.17, 15) is 8.42 Å². The van der Waals surface area contributed by atoms with E-state index in [2.05, 4.69) is 20.7 Å². The summed E-state index contributed by atoms with van der Waals surface area (Å²) in [5, 5.41) is 1.72. The van der Waals surface area contributed by atoms with Gasteiger partial charge in [-0.05, 0) is 34.4 Å². The van der Waals surface area contributed by atoms with Crippen molar-refractivity contribution >= 4 is 37.3 Å². The minimum absolute atomic E-state index is 0.319. The predicted octanol–water partition coefficient (Wildman–Crippen LogP) is 1.42. The van der Waals surface area contributed by atoms with Gasteiger partial charge in [-0.25, -0.2) is 13.1 Å². The molecule has 1 heterocycles. The minimum atomic E-state index is -3.26. The summed E-state index contributed by atoms with van der Waals surface area (Å²) >= 11 is 4.32. The molecule has 0 bridgehead atoms. The van der Waals surface area contributed by atoms with Crippen LogP contribution in [0.25, 0.3) is 0 Å². The van der Waals surface area contributed by atoms with E-state index in [1.165, 1.54) is 18.4 Å². The van der Waals surface area contributed by atoms with E-state index in [-0.39, 0.29) is 0 Å². The lowest BCUT2D eigenvalue weighted by Gasteiger charge is -1.97. The van der Waals surface area contributed by atoms with E-state index >= 15 is 0 Å². The molecule has 6 heteroatoms. The summed E-state index contributed by atoms with van der Waals surface area (Å²) in [6, 6.07) is 1.70. The molecule has 0 saturated heterocycles. The second-order valence-electron chi connectivity index (χ2n) is 1.76. The van der Waals surface area contributed by atoms with E-state index < -0.39 is 10.0 Å². The summed E-state index contributed by atoms with van der Waals surface area (Å²) in [5.41, 5.74) is 0. The maximum atomic E-state index is 11.2. The molecule has 0 aliphatic carbocycles. The quantitative estimate of drug-likeness (QED) is 0.869. The molecule has 0 amide bonds. The fourth-order valence-corrected chi connectivity index (χ4v) is 3.73. The Morgan fingerprint density at radius 3 is 2.64 bits per heavy atom. The molecule has 0 aromatic carbocycles. The first kappa shape index (κ1) is 9.18. The Bertz CT molecular complexity index is 343. The number of hydrogen-bond acceptors (Lipinski definition) is 3. The standard InChI is InChI=1S/C5H6BrNO2S2/c1-7-11(8,9)5-4(6)2-3-10-5/h2-3,7H,1H3. The Kier molecular flexibility index (Phi) is 2.69. The van der Waals surface area contributed by atoms with Gasteiger partial charge in [0.2, 0.25) is 0 Å². The first-order chi connectivity index (χ1) is 5.08. The van der Waals surface area contributed by atoms with Crippen LogP contribution in [-0.2, 0) is 10.0 Å². The van der Waals surface area contributed by atoms with Crippen molar-refractivity contribution in [1.82, 2.24) is 4.72 Å². The highest BCUT2D eigenvalue weighted by molar-refractivity contribution is 9.10. The van der Waals surface area contributed by atoms with Gasteiger partial charge in [-0.3, -0.25) is 0 Å². The lowest BCUT2D eigenvalue weighted by Crippen LogP contribution is -2.17. The van der Waals surface area contributed by atoms with Crippen LogP contribution in [0.2, 0.25) is 0 Å². The van der Waals surface area contributed by atoms with Gasteiger partial charge in [0.1, 0.15) is 4.21 Å². The average Bonchev–Trinajstić information content (AvgIpc) is 2.36. The summed E-state index contributed by atoms with van der Waals surface area (Å²) in [7, 11) is -1.87. The maximum Gasteiger partial charge on any atom is 0.250 e. The van der Waals surface area contributed by atoms with Gasteiger partial charge in [-0.2, -0.15) is 0 Å². The molecule has 0 aliphatic rings. The molecule has 0 spiro atoms. The molecule has 1 N–H and O–H groups in total. The minimum Gasteiger partial charge on any atom is -0.214 e. The van der Waals surface area contributed by atoms with Gasteiger partial charge in [-0.1, -0.05) is 0 Å². The largest absolute Gasteiger partial charge is 0.250 e. The number of halogens is 1. The van der Waals surface area contributed by atoms with Gasteiger partial charge in [-0.15, -0.1) is 11.3 Å². The molecule has 0 fully saturated rings. The number of rotatable bonds is 2. The van der Waals surface area contributed by atoms with Crippen LogP contribution in [0.15, 0.2) is 20.1 Å². The Balaban J connectivity index is 3.22. The van der Waals surface area contributed by atoms with Crippen molar-refractivity contribution in [2.24, 2.45) is 0 Å². The third-order valence-corrected chi connectivity index (χ3v) is 5.18. The van der Waals surface area contributed by atoms with Crippen LogP contribution in [0.1, 0.15) is 0 Å². The maximum absolute atomic E-state index is 11.2. The number of hydrogen-bond donors (Lipinski definition) is 1. The van der Waals surface area contributed by atoms with Gasteiger partial charge < -0.3 is 0 Å². The van der Waals surface area contributed by atoms with Crippen molar-refractivity contribution in [3.8, 4) is 0 Å². The van der Waals surface area contributed by atoms with E-state index in [0.717, 1.165) is 0 Å². The summed E-state index contributed by atoms with van der Waals surface area (Å²) in [4.78, 5) is 0. The van der Waals surface area contributed by atoms with E-state index in [1.54, 1.807) is 11.4 Å². The van der Waals surface area contributed by atoms with Crippen LogP contribution in [0, 0.1) is 0 Å².